The Morgan fingerprint density at radius 3 is 2.10 bits per heavy atom. The molecule has 5 N–H and O–H groups in total. The van der Waals surface area contributed by atoms with Crippen LogP contribution in [-0.2, 0) is 6.54 Å². The Hall–Kier alpha value is -0.940. The maximum atomic E-state index is 5.59. The molecule has 0 radical (unpaired) electrons. The van der Waals surface area contributed by atoms with Gasteiger partial charge in [0.15, 0.2) is 0 Å². The van der Waals surface area contributed by atoms with Gasteiger partial charge in [-0.2, -0.15) is 0 Å². The summed E-state index contributed by atoms with van der Waals surface area (Å²) >= 11 is 0. The first-order chi connectivity index (χ1) is 9.67. The Bertz CT molecular complexity index is 342. The predicted molar refractivity (Wildman–Crippen MR) is 86.8 cm³/mol. The van der Waals surface area contributed by atoms with Gasteiger partial charge in [0.25, 0.3) is 0 Å². The van der Waals surface area contributed by atoms with E-state index in [4.69, 9.17) is 11.5 Å². The quantitative estimate of drug-likeness (QED) is 0.561. The molecular weight excluding hydrogens is 248 g/mol. The SMILES string of the molecule is CC(C)c1ccc(CNCCN(CCN)CCN)cc1. The summed E-state index contributed by atoms with van der Waals surface area (Å²) in [4.78, 5) is 2.30. The summed E-state index contributed by atoms with van der Waals surface area (Å²) in [6.45, 7) is 10.5. The van der Waals surface area contributed by atoms with E-state index in [1.54, 1.807) is 0 Å². The summed E-state index contributed by atoms with van der Waals surface area (Å²) in [6, 6.07) is 8.85. The van der Waals surface area contributed by atoms with Gasteiger partial charge in [-0.25, -0.2) is 0 Å². The lowest BCUT2D eigenvalue weighted by Crippen LogP contribution is -2.38. The Morgan fingerprint density at radius 1 is 1.00 bits per heavy atom. The van der Waals surface area contributed by atoms with Crippen molar-refractivity contribution in [1.29, 1.82) is 0 Å². The van der Waals surface area contributed by atoms with Gasteiger partial charge < -0.3 is 16.8 Å². The van der Waals surface area contributed by atoms with E-state index in [1.807, 2.05) is 0 Å². The number of nitrogens with zero attached hydrogens (tertiary/aromatic N) is 1. The summed E-state index contributed by atoms with van der Waals surface area (Å²) in [7, 11) is 0. The van der Waals surface area contributed by atoms with Gasteiger partial charge in [0.05, 0.1) is 0 Å². The number of hydrogen-bond donors (Lipinski definition) is 3. The van der Waals surface area contributed by atoms with Crippen molar-refractivity contribution < 1.29 is 0 Å². The van der Waals surface area contributed by atoms with E-state index in [1.165, 1.54) is 11.1 Å². The van der Waals surface area contributed by atoms with Crippen LogP contribution in [0.5, 0.6) is 0 Å². The van der Waals surface area contributed by atoms with Crippen molar-refractivity contribution in [2.45, 2.75) is 26.3 Å². The zero-order valence-corrected chi connectivity index (χ0v) is 12.9. The van der Waals surface area contributed by atoms with Gasteiger partial charge in [0, 0.05) is 45.8 Å². The summed E-state index contributed by atoms with van der Waals surface area (Å²) in [5.74, 6) is 0.595. The smallest absolute Gasteiger partial charge is 0.0206 e. The molecule has 0 amide bonds. The highest BCUT2D eigenvalue weighted by Crippen LogP contribution is 2.14. The van der Waals surface area contributed by atoms with E-state index < -0.39 is 0 Å². The van der Waals surface area contributed by atoms with Gasteiger partial charge in [-0.1, -0.05) is 38.1 Å². The molecule has 0 aliphatic carbocycles. The summed E-state index contributed by atoms with van der Waals surface area (Å²) in [5.41, 5.74) is 13.9. The van der Waals surface area contributed by atoms with Gasteiger partial charge in [-0.15, -0.1) is 0 Å². The van der Waals surface area contributed by atoms with Crippen LogP contribution in [0.4, 0.5) is 0 Å². The molecule has 0 aromatic heterocycles. The lowest BCUT2D eigenvalue weighted by molar-refractivity contribution is 0.287. The van der Waals surface area contributed by atoms with E-state index in [0.29, 0.717) is 19.0 Å². The molecule has 4 nitrogen and oxygen atoms in total. The van der Waals surface area contributed by atoms with Crippen LogP contribution in [-0.4, -0.2) is 44.2 Å². The minimum Gasteiger partial charge on any atom is -0.329 e. The molecule has 0 fully saturated rings. The summed E-state index contributed by atoms with van der Waals surface area (Å²) < 4.78 is 0. The molecule has 0 saturated heterocycles. The zero-order chi connectivity index (χ0) is 14.8. The monoisotopic (exact) mass is 278 g/mol. The van der Waals surface area contributed by atoms with Crippen LogP contribution in [0.25, 0.3) is 0 Å². The number of rotatable bonds is 10. The average Bonchev–Trinajstić information content (AvgIpc) is 2.44. The van der Waals surface area contributed by atoms with Gasteiger partial charge in [0.1, 0.15) is 0 Å². The first kappa shape index (κ1) is 17.1. The Labute approximate surface area is 123 Å². The highest BCUT2D eigenvalue weighted by atomic mass is 15.1. The standard InChI is InChI=1S/C16H30N4/c1-14(2)16-5-3-15(4-6-16)13-19-9-12-20(10-7-17)11-8-18/h3-6,14,19H,7-13,17-18H2,1-2H3. The molecule has 0 aliphatic heterocycles. The molecule has 0 bridgehead atoms. The molecule has 114 valence electrons. The van der Waals surface area contributed by atoms with Crippen molar-refractivity contribution in [3.63, 3.8) is 0 Å². The van der Waals surface area contributed by atoms with Crippen LogP contribution in [0.15, 0.2) is 24.3 Å². The second kappa shape index (κ2) is 9.88. The molecule has 20 heavy (non-hydrogen) atoms. The fraction of sp³-hybridized carbons (Fsp3) is 0.625. The molecule has 0 saturated carbocycles. The predicted octanol–water partition coefficient (Wildman–Crippen LogP) is 1.12. The molecule has 1 rings (SSSR count). The molecule has 0 heterocycles. The normalized spacial score (nSPS) is 11.5. The van der Waals surface area contributed by atoms with E-state index >= 15 is 0 Å². The molecule has 1 aromatic carbocycles. The maximum Gasteiger partial charge on any atom is 0.0206 e. The zero-order valence-electron chi connectivity index (χ0n) is 12.9. The first-order valence-corrected chi connectivity index (χ1v) is 7.59. The topological polar surface area (TPSA) is 67.3 Å². The van der Waals surface area contributed by atoms with Crippen molar-refractivity contribution in [3.8, 4) is 0 Å². The lowest BCUT2D eigenvalue weighted by atomic mass is 10.0. The van der Waals surface area contributed by atoms with E-state index in [0.717, 1.165) is 32.7 Å². The number of nitrogens with two attached hydrogens (primary N) is 2. The van der Waals surface area contributed by atoms with Gasteiger partial charge in [-0.3, -0.25) is 4.90 Å². The van der Waals surface area contributed by atoms with Crippen LogP contribution in [0.2, 0.25) is 0 Å². The first-order valence-electron chi connectivity index (χ1n) is 7.59. The third kappa shape index (κ3) is 6.48. The number of benzene rings is 1. The van der Waals surface area contributed by atoms with Crippen molar-refractivity contribution >= 4 is 0 Å². The second-order valence-electron chi connectivity index (χ2n) is 5.49. The molecule has 0 aliphatic rings. The molecule has 0 unspecified atom stereocenters. The maximum absolute atomic E-state index is 5.59. The fourth-order valence-corrected chi connectivity index (χ4v) is 2.19. The van der Waals surface area contributed by atoms with Gasteiger partial charge in [-0.05, 0) is 17.0 Å². The summed E-state index contributed by atoms with van der Waals surface area (Å²) in [5, 5.41) is 3.47. The van der Waals surface area contributed by atoms with E-state index in [2.05, 4.69) is 48.3 Å². The van der Waals surface area contributed by atoms with Crippen molar-refractivity contribution in [2.24, 2.45) is 11.5 Å². The average molecular weight is 278 g/mol. The Morgan fingerprint density at radius 2 is 1.60 bits per heavy atom. The minimum atomic E-state index is 0.595. The van der Waals surface area contributed by atoms with Gasteiger partial charge >= 0.3 is 0 Å². The third-order valence-electron chi connectivity index (χ3n) is 3.47. The van der Waals surface area contributed by atoms with Crippen LogP contribution >= 0.6 is 0 Å². The van der Waals surface area contributed by atoms with E-state index in [-0.39, 0.29) is 0 Å². The minimum absolute atomic E-state index is 0.595. The van der Waals surface area contributed by atoms with Crippen molar-refractivity contribution in [1.82, 2.24) is 10.2 Å². The highest BCUT2D eigenvalue weighted by Gasteiger charge is 2.02. The number of hydrogen-bond acceptors (Lipinski definition) is 4. The van der Waals surface area contributed by atoms with Gasteiger partial charge in [0.2, 0.25) is 0 Å². The molecule has 0 atom stereocenters. The Balaban J connectivity index is 2.26. The largest absolute Gasteiger partial charge is 0.329 e. The van der Waals surface area contributed by atoms with Crippen LogP contribution in [0, 0.1) is 0 Å². The molecule has 1 aromatic rings. The van der Waals surface area contributed by atoms with Crippen LogP contribution in [0.3, 0.4) is 0 Å². The fourth-order valence-electron chi connectivity index (χ4n) is 2.19. The van der Waals surface area contributed by atoms with Crippen LogP contribution < -0.4 is 16.8 Å². The lowest BCUT2D eigenvalue weighted by Gasteiger charge is -2.20. The number of nitrogens with one attached hydrogen (secondary N) is 1. The van der Waals surface area contributed by atoms with E-state index in [9.17, 15) is 0 Å². The third-order valence-corrected chi connectivity index (χ3v) is 3.47. The molecular formula is C16H30N4. The van der Waals surface area contributed by atoms with Crippen molar-refractivity contribution in [3.05, 3.63) is 35.4 Å². The molecule has 0 spiro atoms. The highest BCUT2D eigenvalue weighted by molar-refractivity contribution is 5.24. The second-order valence-corrected chi connectivity index (χ2v) is 5.49. The summed E-state index contributed by atoms with van der Waals surface area (Å²) in [6.07, 6.45) is 0. The Kier molecular flexibility index (Phi) is 8.46. The molecule has 4 heteroatoms. The van der Waals surface area contributed by atoms with Crippen LogP contribution in [0.1, 0.15) is 30.9 Å². The van der Waals surface area contributed by atoms with Crippen molar-refractivity contribution in [2.75, 3.05) is 39.3 Å².